The summed E-state index contributed by atoms with van der Waals surface area (Å²) in [4.78, 5) is 23.9. The zero-order valence-corrected chi connectivity index (χ0v) is 20.4. The van der Waals surface area contributed by atoms with Crippen LogP contribution in [0.3, 0.4) is 0 Å². The van der Waals surface area contributed by atoms with Gasteiger partial charge in [-0.15, -0.1) is 0 Å². The molecular formula is C23H44NO6P. The first-order valence-corrected chi connectivity index (χ1v) is 12.9. The summed E-state index contributed by atoms with van der Waals surface area (Å²) in [5.41, 5.74) is 5.46. The third-order valence-electron chi connectivity index (χ3n) is 5.11. The molecule has 7 nitrogen and oxygen atoms in total. The zero-order valence-electron chi connectivity index (χ0n) is 19.5. The molecule has 0 aromatic heterocycles. The van der Waals surface area contributed by atoms with Gasteiger partial charge in [0.25, 0.3) is 0 Å². The molecule has 0 rings (SSSR count). The van der Waals surface area contributed by atoms with Gasteiger partial charge in [-0.1, -0.05) is 77.6 Å². The molecule has 8 heteroatoms. The highest BCUT2D eigenvalue weighted by atomic mass is 31.1. The normalized spacial score (nSPS) is 12.1. The molecule has 0 aliphatic heterocycles. The van der Waals surface area contributed by atoms with Crippen LogP contribution in [-0.4, -0.2) is 37.8 Å². The highest BCUT2D eigenvalue weighted by Crippen LogP contribution is 2.12. The van der Waals surface area contributed by atoms with E-state index in [1.165, 1.54) is 32.1 Å². The fraction of sp³-hybridized carbons (Fsp3) is 0.913. The zero-order chi connectivity index (χ0) is 23.0. The molecule has 0 aromatic carbocycles. The minimum Gasteiger partial charge on any atom is -0.462 e. The summed E-state index contributed by atoms with van der Waals surface area (Å²) in [6.07, 6.45) is 15.3. The van der Waals surface area contributed by atoms with Crippen molar-refractivity contribution in [1.29, 1.82) is 0 Å². The van der Waals surface area contributed by atoms with Crippen LogP contribution in [0.4, 0.5) is 0 Å². The first-order valence-electron chi connectivity index (χ1n) is 12.1. The van der Waals surface area contributed by atoms with Crippen molar-refractivity contribution in [3.8, 4) is 0 Å². The van der Waals surface area contributed by atoms with Gasteiger partial charge in [0.2, 0.25) is 0 Å². The van der Waals surface area contributed by atoms with Gasteiger partial charge in [-0.05, 0) is 25.8 Å². The van der Waals surface area contributed by atoms with Gasteiger partial charge < -0.3 is 15.2 Å². The fourth-order valence-corrected chi connectivity index (χ4v) is 3.48. The summed E-state index contributed by atoms with van der Waals surface area (Å²) < 4.78 is 25.9. The maximum atomic E-state index is 12.0. The van der Waals surface area contributed by atoms with E-state index in [1.807, 2.05) is 0 Å². The van der Waals surface area contributed by atoms with E-state index in [1.54, 1.807) is 0 Å². The highest BCUT2D eigenvalue weighted by molar-refractivity contribution is 7.17. The Morgan fingerprint density at radius 3 is 1.81 bits per heavy atom. The lowest BCUT2D eigenvalue weighted by atomic mass is 10.1. The number of hydrogen-bond donors (Lipinski definition) is 1. The van der Waals surface area contributed by atoms with Gasteiger partial charge >= 0.3 is 20.6 Å². The van der Waals surface area contributed by atoms with E-state index < -0.39 is 14.8 Å². The summed E-state index contributed by atoms with van der Waals surface area (Å²) in [7, 11) is -0.492. The molecule has 0 saturated carbocycles. The van der Waals surface area contributed by atoms with E-state index in [0.29, 0.717) is 12.8 Å². The summed E-state index contributed by atoms with van der Waals surface area (Å²) >= 11 is 0. The number of carbonyl (C=O) groups excluding carboxylic acids is 2. The Kier molecular flexibility index (Phi) is 22.8. The van der Waals surface area contributed by atoms with Crippen molar-refractivity contribution >= 4 is 20.6 Å². The first-order chi connectivity index (χ1) is 15.1. The number of ether oxygens (including phenoxy) is 2. The lowest BCUT2D eigenvalue weighted by molar-refractivity contribution is -0.160. The Morgan fingerprint density at radius 2 is 1.26 bits per heavy atom. The smallest absolute Gasteiger partial charge is 0.327 e. The number of esters is 2. The third kappa shape index (κ3) is 22.0. The second kappa shape index (κ2) is 23.6. The molecule has 182 valence electrons. The Labute approximate surface area is 190 Å². The lowest BCUT2D eigenvalue weighted by Crippen LogP contribution is -2.28. The summed E-state index contributed by atoms with van der Waals surface area (Å²) in [6.45, 7) is 2.79. The van der Waals surface area contributed by atoms with E-state index in [-0.39, 0.29) is 25.2 Å². The minimum atomic E-state index is -0.733. The molecule has 0 aliphatic carbocycles. The molecule has 0 fully saturated rings. The molecule has 0 radical (unpaired) electrons. The molecule has 0 amide bonds. The SMILES string of the molecule is CCCCCCCCCCC(=O)O[C@@H](COP=O)COC(=O)CCCCCCCCN. The van der Waals surface area contributed by atoms with Crippen LogP contribution in [0.5, 0.6) is 0 Å². The summed E-state index contributed by atoms with van der Waals surface area (Å²) in [5.74, 6) is -0.651. The van der Waals surface area contributed by atoms with Crippen molar-refractivity contribution in [3.05, 3.63) is 0 Å². The molecule has 0 aromatic rings. The number of rotatable bonds is 23. The molecule has 0 bridgehead atoms. The van der Waals surface area contributed by atoms with Crippen LogP contribution in [0.15, 0.2) is 0 Å². The first kappa shape index (κ1) is 30.0. The average molecular weight is 462 g/mol. The molecule has 0 aliphatic rings. The Hall–Kier alpha value is -1.04. The molecular weight excluding hydrogens is 417 g/mol. The van der Waals surface area contributed by atoms with Gasteiger partial charge in [-0.2, -0.15) is 0 Å². The van der Waals surface area contributed by atoms with Gasteiger partial charge in [0.05, 0.1) is 0 Å². The highest BCUT2D eigenvalue weighted by Gasteiger charge is 2.17. The molecule has 2 N–H and O–H groups in total. The van der Waals surface area contributed by atoms with Crippen LogP contribution in [0.1, 0.15) is 110 Å². The Bertz CT molecular complexity index is 450. The maximum absolute atomic E-state index is 12.0. The van der Waals surface area contributed by atoms with Crippen LogP contribution in [-0.2, 0) is 28.2 Å². The lowest BCUT2D eigenvalue weighted by Gasteiger charge is -2.16. The fourth-order valence-electron chi connectivity index (χ4n) is 3.26. The second-order valence-corrected chi connectivity index (χ2v) is 8.46. The Balaban J connectivity index is 3.91. The summed E-state index contributed by atoms with van der Waals surface area (Å²) in [6, 6.07) is 0. The molecule has 1 atom stereocenters. The van der Waals surface area contributed by atoms with Crippen molar-refractivity contribution < 1.29 is 28.2 Å². The van der Waals surface area contributed by atoms with E-state index in [9.17, 15) is 14.2 Å². The Morgan fingerprint density at radius 1 is 0.742 bits per heavy atom. The van der Waals surface area contributed by atoms with Crippen LogP contribution in [0.2, 0.25) is 0 Å². The molecule has 0 saturated heterocycles. The maximum Gasteiger partial charge on any atom is 0.327 e. The van der Waals surface area contributed by atoms with Crippen molar-refractivity contribution in [2.75, 3.05) is 19.8 Å². The third-order valence-corrected chi connectivity index (χ3v) is 5.37. The van der Waals surface area contributed by atoms with E-state index >= 15 is 0 Å². The van der Waals surface area contributed by atoms with Crippen LogP contribution in [0.25, 0.3) is 0 Å². The molecule has 0 heterocycles. The predicted octanol–water partition coefficient (Wildman–Crippen LogP) is 5.88. The summed E-state index contributed by atoms with van der Waals surface area (Å²) in [5, 5.41) is 0. The predicted molar refractivity (Wildman–Crippen MR) is 123 cm³/mol. The number of unbranched alkanes of at least 4 members (excludes halogenated alkanes) is 12. The van der Waals surface area contributed by atoms with Crippen molar-refractivity contribution in [2.45, 2.75) is 116 Å². The van der Waals surface area contributed by atoms with Gasteiger partial charge in [-0.25, -0.2) is 4.57 Å². The van der Waals surface area contributed by atoms with Gasteiger partial charge in [0.1, 0.15) is 13.2 Å². The minimum absolute atomic E-state index is 0.0668. The number of hydrogen-bond acceptors (Lipinski definition) is 7. The average Bonchev–Trinajstić information content (AvgIpc) is 2.76. The molecule has 0 unspecified atom stereocenters. The quantitative estimate of drug-likeness (QED) is 0.115. The van der Waals surface area contributed by atoms with Crippen LogP contribution in [0, 0.1) is 0 Å². The standard InChI is InChI=1S/C23H44NO6P/c1-2-3-4-5-6-7-11-14-17-23(26)30-21(20-29-31-27)19-28-22(25)16-13-10-8-9-12-15-18-24/h21H,2-20,24H2,1H3/t21-/m1/s1. The van der Waals surface area contributed by atoms with Crippen molar-refractivity contribution in [1.82, 2.24) is 0 Å². The van der Waals surface area contributed by atoms with E-state index in [0.717, 1.165) is 64.3 Å². The molecule has 31 heavy (non-hydrogen) atoms. The van der Waals surface area contributed by atoms with E-state index in [4.69, 9.17) is 19.7 Å². The van der Waals surface area contributed by atoms with Gasteiger partial charge in [-0.3, -0.25) is 14.1 Å². The molecule has 0 spiro atoms. The van der Waals surface area contributed by atoms with Crippen LogP contribution >= 0.6 is 8.69 Å². The van der Waals surface area contributed by atoms with Crippen molar-refractivity contribution in [2.24, 2.45) is 5.73 Å². The largest absolute Gasteiger partial charge is 0.462 e. The number of carbonyl (C=O) groups is 2. The second-order valence-electron chi connectivity index (χ2n) is 8.05. The van der Waals surface area contributed by atoms with Crippen molar-refractivity contribution in [3.63, 3.8) is 0 Å². The van der Waals surface area contributed by atoms with Gasteiger partial charge in [0.15, 0.2) is 6.10 Å². The topological polar surface area (TPSA) is 105 Å². The van der Waals surface area contributed by atoms with Gasteiger partial charge in [0, 0.05) is 12.8 Å². The van der Waals surface area contributed by atoms with Crippen LogP contribution < -0.4 is 5.73 Å². The monoisotopic (exact) mass is 461 g/mol. The number of nitrogens with two attached hydrogens (primary N) is 1. The van der Waals surface area contributed by atoms with E-state index in [2.05, 4.69) is 6.92 Å².